The first kappa shape index (κ1) is 23.9. The van der Waals surface area contributed by atoms with Crippen LogP contribution in [0.5, 0.6) is 17.2 Å². The fourth-order valence-corrected chi connectivity index (χ4v) is 4.71. The molecule has 2 aliphatic heterocycles. The van der Waals surface area contributed by atoms with Gasteiger partial charge in [-0.2, -0.15) is 0 Å². The summed E-state index contributed by atoms with van der Waals surface area (Å²) in [6.45, 7) is 9.69. The Morgan fingerprint density at radius 2 is 1.85 bits per heavy atom. The van der Waals surface area contributed by atoms with Gasteiger partial charge in [0, 0.05) is 24.2 Å². The van der Waals surface area contributed by atoms with Crippen LogP contribution in [0.4, 0.5) is 4.79 Å². The van der Waals surface area contributed by atoms with Crippen molar-refractivity contribution in [3.63, 3.8) is 0 Å². The monoisotopic (exact) mass is 481 g/mol. The molecule has 34 heavy (non-hydrogen) atoms. The molecule has 7 nitrogen and oxygen atoms in total. The Morgan fingerprint density at radius 3 is 2.47 bits per heavy atom. The standard InChI is InChI=1S/C26H27NO6S/c1-14-15(2)23-20(16(3)22(14)32-17(4)28)10-11-26(5,33-23)13-31-19-8-6-18(7-9-19)12-21-24(29)34-25(30)27-21/h6-9,12H,10-11,13H2,1-5H3,(H,27,30). The Balaban J connectivity index is 1.46. The maximum atomic E-state index is 11.7. The Labute approximate surface area is 202 Å². The van der Waals surface area contributed by atoms with Crippen molar-refractivity contribution in [2.24, 2.45) is 0 Å². The molecule has 2 aromatic rings. The summed E-state index contributed by atoms with van der Waals surface area (Å²) in [6, 6.07) is 7.31. The summed E-state index contributed by atoms with van der Waals surface area (Å²) >= 11 is 0.658. The van der Waals surface area contributed by atoms with Crippen LogP contribution in [0.1, 0.15) is 48.1 Å². The van der Waals surface area contributed by atoms with Gasteiger partial charge in [-0.25, -0.2) is 0 Å². The molecule has 0 radical (unpaired) electrons. The highest BCUT2D eigenvalue weighted by molar-refractivity contribution is 8.27. The molecule has 1 amide bonds. The summed E-state index contributed by atoms with van der Waals surface area (Å²) in [5.41, 5.74) is 4.43. The molecule has 0 saturated carbocycles. The molecule has 2 heterocycles. The Morgan fingerprint density at radius 1 is 1.15 bits per heavy atom. The van der Waals surface area contributed by atoms with Gasteiger partial charge in [-0.3, -0.25) is 14.4 Å². The molecule has 178 valence electrons. The minimum Gasteiger partial charge on any atom is -0.489 e. The number of thioether (sulfide) groups is 1. The Kier molecular flexibility index (Phi) is 6.45. The van der Waals surface area contributed by atoms with Gasteiger partial charge >= 0.3 is 5.97 Å². The number of hydrogen-bond donors (Lipinski definition) is 1. The molecule has 1 N–H and O–H groups in total. The molecular weight excluding hydrogens is 454 g/mol. The molecule has 1 saturated heterocycles. The van der Waals surface area contributed by atoms with E-state index < -0.39 is 5.60 Å². The minimum atomic E-state index is -0.516. The first-order valence-electron chi connectivity index (χ1n) is 11.0. The van der Waals surface area contributed by atoms with E-state index in [9.17, 15) is 14.4 Å². The van der Waals surface area contributed by atoms with Gasteiger partial charge in [0.25, 0.3) is 5.24 Å². The third-order valence-corrected chi connectivity index (χ3v) is 6.88. The lowest BCUT2D eigenvalue weighted by atomic mass is 9.87. The average Bonchev–Trinajstić information content (AvgIpc) is 3.11. The maximum absolute atomic E-state index is 11.7. The van der Waals surface area contributed by atoms with Crippen molar-refractivity contribution in [3.05, 3.63) is 57.8 Å². The number of carbonyl (C=O) groups is 3. The normalized spacial score (nSPS) is 20.6. The van der Waals surface area contributed by atoms with Crippen LogP contribution in [-0.2, 0) is 16.0 Å². The van der Waals surface area contributed by atoms with E-state index in [1.54, 1.807) is 6.08 Å². The van der Waals surface area contributed by atoms with Gasteiger partial charge in [-0.15, -0.1) is 0 Å². The highest BCUT2D eigenvalue weighted by Crippen LogP contribution is 2.44. The summed E-state index contributed by atoms with van der Waals surface area (Å²) in [6.07, 6.45) is 3.19. The number of carbonyl (C=O) groups excluding carboxylic acids is 3. The largest absolute Gasteiger partial charge is 0.489 e. The first-order valence-corrected chi connectivity index (χ1v) is 11.9. The highest BCUT2D eigenvalue weighted by atomic mass is 32.2. The smallest absolute Gasteiger partial charge is 0.308 e. The zero-order valence-corrected chi connectivity index (χ0v) is 20.7. The third-order valence-electron chi connectivity index (χ3n) is 6.19. The van der Waals surface area contributed by atoms with E-state index in [1.807, 2.05) is 52.0 Å². The third kappa shape index (κ3) is 4.82. The highest BCUT2D eigenvalue weighted by Gasteiger charge is 2.36. The second kappa shape index (κ2) is 9.18. The van der Waals surface area contributed by atoms with Crippen LogP contribution in [0.25, 0.3) is 6.08 Å². The van der Waals surface area contributed by atoms with Crippen molar-refractivity contribution < 1.29 is 28.6 Å². The van der Waals surface area contributed by atoms with E-state index in [1.165, 1.54) is 6.92 Å². The van der Waals surface area contributed by atoms with E-state index in [4.69, 9.17) is 14.2 Å². The molecule has 2 aromatic carbocycles. The van der Waals surface area contributed by atoms with Crippen LogP contribution in [-0.4, -0.2) is 28.5 Å². The maximum Gasteiger partial charge on any atom is 0.308 e. The van der Waals surface area contributed by atoms with Crippen LogP contribution in [0.3, 0.4) is 0 Å². The number of nitrogens with one attached hydrogen (secondary N) is 1. The summed E-state index contributed by atoms with van der Waals surface area (Å²) in [4.78, 5) is 34.6. The second-order valence-electron chi connectivity index (χ2n) is 8.88. The number of benzene rings is 2. The lowest BCUT2D eigenvalue weighted by Crippen LogP contribution is -2.42. The van der Waals surface area contributed by atoms with Crippen molar-refractivity contribution >= 4 is 34.2 Å². The van der Waals surface area contributed by atoms with Gasteiger partial charge in [0.15, 0.2) is 0 Å². The van der Waals surface area contributed by atoms with Gasteiger partial charge in [-0.05, 0) is 81.0 Å². The molecule has 4 rings (SSSR count). The molecule has 0 aromatic heterocycles. The first-order chi connectivity index (χ1) is 16.1. The van der Waals surface area contributed by atoms with E-state index in [2.05, 4.69) is 5.32 Å². The van der Waals surface area contributed by atoms with Crippen molar-refractivity contribution in [2.45, 2.75) is 53.1 Å². The molecule has 0 spiro atoms. The predicted molar refractivity (Wildman–Crippen MR) is 130 cm³/mol. The van der Waals surface area contributed by atoms with Crippen LogP contribution in [0.2, 0.25) is 0 Å². The number of amides is 1. The molecule has 8 heteroatoms. The van der Waals surface area contributed by atoms with Crippen molar-refractivity contribution in [1.82, 2.24) is 5.32 Å². The molecule has 1 fully saturated rings. The van der Waals surface area contributed by atoms with Crippen LogP contribution in [0, 0.1) is 20.8 Å². The number of ether oxygens (including phenoxy) is 3. The number of fused-ring (bicyclic) bond motifs is 1. The SMILES string of the molecule is CC(=O)Oc1c(C)c(C)c2c(c1C)CCC(C)(COc1ccc(C=C3NC(=O)SC3=O)cc1)O2. The van der Waals surface area contributed by atoms with Gasteiger partial charge in [0.1, 0.15) is 29.5 Å². The minimum absolute atomic E-state index is 0.281. The summed E-state index contributed by atoms with van der Waals surface area (Å²) in [7, 11) is 0. The predicted octanol–water partition coefficient (Wildman–Crippen LogP) is 5.02. The summed E-state index contributed by atoms with van der Waals surface area (Å²) in [5, 5.41) is 1.89. The number of esters is 1. The molecular formula is C26H27NO6S. The zero-order valence-electron chi connectivity index (χ0n) is 19.9. The number of hydrogen-bond acceptors (Lipinski definition) is 7. The summed E-state index contributed by atoms with van der Waals surface area (Å²) in [5.74, 6) is 1.82. The van der Waals surface area contributed by atoms with Crippen LogP contribution >= 0.6 is 11.8 Å². The summed E-state index contributed by atoms with van der Waals surface area (Å²) < 4.78 is 18.0. The quantitative estimate of drug-likeness (QED) is 0.364. The Bertz CT molecular complexity index is 1220. The second-order valence-corrected chi connectivity index (χ2v) is 9.82. The Hall–Kier alpha value is -3.26. The van der Waals surface area contributed by atoms with Crippen molar-refractivity contribution in [3.8, 4) is 17.2 Å². The fraction of sp³-hybridized carbons (Fsp3) is 0.346. The number of rotatable bonds is 5. The zero-order chi connectivity index (χ0) is 24.6. The van der Waals surface area contributed by atoms with Gasteiger partial charge in [-0.1, -0.05) is 12.1 Å². The van der Waals surface area contributed by atoms with E-state index in [0.29, 0.717) is 29.9 Å². The van der Waals surface area contributed by atoms with Crippen LogP contribution < -0.4 is 19.5 Å². The molecule has 1 unspecified atom stereocenters. The van der Waals surface area contributed by atoms with Crippen LogP contribution in [0.15, 0.2) is 30.0 Å². The van der Waals surface area contributed by atoms with Gasteiger partial charge in [0.05, 0.1) is 5.70 Å². The van der Waals surface area contributed by atoms with Gasteiger partial charge < -0.3 is 19.5 Å². The fourth-order valence-electron chi connectivity index (χ4n) is 4.16. The van der Waals surface area contributed by atoms with E-state index in [0.717, 1.165) is 46.4 Å². The van der Waals surface area contributed by atoms with E-state index in [-0.39, 0.29) is 22.0 Å². The average molecular weight is 482 g/mol. The lowest BCUT2D eigenvalue weighted by Gasteiger charge is -2.37. The lowest BCUT2D eigenvalue weighted by molar-refractivity contribution is -0.132. The topological polar surface area (TPSA) is 90.9 Å². The molecule has 0 bridgehead atoms. The van der Waals surface area contributed by atoms with Crippen molar-refractivity contribution in [1.29, 1.82) is 0 Å². The van der Waals surface area contributed by atoms with Gasteiger partial charge in [0.2, 0.25) is 5.12 Å². The molecule has 1 atom stereocenters. The molecule has 0 aliphatic carbocycles. The van der Waals surface area contributed by atoms with Crippen molar-refractivity contribution in [2.75, 3.05) is 6.61 Å². The molecule has 2 aliphatic rings. The van der Waals surface area contributed by atoms with E-state index >= 15 is 0 Å².